The van der Waals surface area contributed by atoms with Crippen molar-refractivity contribution in [1.29, 1.82) is 0 Å². The van der Waals surface area contributed by atoms with Gasteiger partial charge < -0.3 is 24.3 Å². The number of amides is 1. The molecule has 3 rings (SSSR count). The molecule has 1 atom stereocenters. The number of ether oxygens (including phenoxy) is 2. The molecule has 29 heavy (non-hydrogen) atoms. The molecule has 0 saturated carbocycles. The van der Waals surface area contributed by atoms with Gasteiger partial charge in [-0.25, -0.2) is 4.98 Å². The van der Waals surface area contributed by atoms with Crippen molar-refractivity contribution in [3.63, 3.8) is 0 Å². The Morgan fingerprint density at radius 2 is 1.79 bits per heavy atom. The van der Waals surface area contributed by atoms with Crippen molar-refractivity contribution in [3.05, 3.63) is 71.8 Å². The van der Waals surface area contributed by atoms with Crippen molar-refractivity contribution in [2.24, 2.45) is 7.05 Å². The van der Waals surface area contributed by atoms with Crippen LogP contribution in [0.25, 0.3) is 0 Å². The molecule has 152 valence electrons. The lowest BCUT2D eigenvalue weighted by atomic mass is 10.0. The molecule has 0 aliphatic heterocycles. The van der Waals surface area contributed by atoms with Gasteiger partial charge in [0.25, 0.3) is 5.91 Å². The summed E-state index contributed by atoms with van der Waals surface area (Å²) >= 11 is 0. The standard InChI is InChI=1S/C22H26N4O3/c1-25(2)17-8-6-7-15(11-17)22(27)24-20(21-23-9-10-26(21)3)16-12-18(28-4)14-19(13-16)29-5/h6-14,20H,1-5H3,(H,24,27). The summed E-state index contributed by atoms with van der Waals surface area (Å²) in [5, 5.41) is 3.11. The van der Waals surface area contributed by atoms with Crippen LogP contribution in [0.1, 0.15) is 27.8 Å². The van der Waals surface area contributed by atoms with Crippen LogP contribution in [0.3, 0.4) is 0 Å². The first-order chi connectivity index (χ1) is 13.9. The molecule has 0 aliphatic carbocycles. The van der Waals surface area contributed by atoms with Crippen LogP contribution in [-0.2, 0) is 7.05 Å². The Labute approximate surface area is 170 Å². The van der Waals surface area contributed by atoms with Gasteiger partial charge in [0.1, 0.15) is 23.4 Å². The fraction of sp³-hybridized carbons (Fsp3) is 0.273. The highest BCUT2D eigenvalue weighted by molar-refractivity contribution is 5.95. The Bertz CT molecular complexity index is 975. The zero-order chi connectivity index (χ0) is 21.0. The van der Waals surface area contributed by atoms with Gasteiger partial charge in [0.15, 0.2) is 0 Å². The number of imidazole rings is 1. The number of benzene rings is 2. The van der Waals surface area contributed by atoms with Gasteiger partial charge in [-0.1, -0.05) is 6.07 Å². The highest BCUT2D eigenvalue weighted by Crippen LogP contribution is 2.29. The lowest BCUT2D eigenvalue weighted by molar-refractivity contribution is 0.0941. The Kier molecular flexibility index (Phi) is 6.07. The van der Waals surface area contributed by atoms with E-state index in [1.165, 1.54) is 0 Å². The van der Waals surface area contributed by atoms with Gasteiger partial charge >= 0.3 is 0 Å². The zero-order valence-corrected chi connectivity index (χ0v) is 17.3. The summed E-state index contributed by atoms with van der Waals surface area (Å²) in [5.41, 5.74) is 2.34. The lowest BCUT2D eigenvalue weighted by Crippen LogP contribution is -2.31. The van der Waals surface area contributed by atoms with Gasteiger partial charge in [-0.05, 0) is 35.9 Å². The molecular weight excluding hydrogens is 368 g/mol. The van der Waals surface area contributed by atoms with Crippen molar-refractivity contribution in [2.45, 2.75) is 6.04 Å². The average Bonchev–Trinajstić information content (AvgIpc) is 3.16. The fourth-order valence-electron chi connectivity index (χ4n) is 3.09. The van der Waals surface area contributed by atoms with Crippen LogP contribution < -0.4 is 19.7 Å². The molecule has 1 aromatic heterocycles. The molecule has 0 spiro atoms. The SMILES string of the molecule is COc1cc(OC)cc(C(NC(=O)c2cccc(N(C)C)c2)c2nccn2C)c1. The van der Waals surface area contributed by atoms with E-state index < -0.39 is 6.04 Å². The molecule has 7 heteroatoms. The van der Waals surface area contributed by atoms with E-state index in [4.69, 9.17) is 9.47 Å². The molecule has 1 unspecified atom stereocenters. The highest BCUT2D eigenvalue weighted by Gasteiger charge is 2.23. The third-order valence-corrected chi connectivity index (χ3v) is 4.72. The van der Waals surface area contributed by atoms with E-state index in [1.54, 1.807) is 32.5 Å². The number of nitrogens with zero attached hydrogens (tertiary/aromatic N) is 3. The second-order valence-corrected chi connectivity index (χ2v) is 6.89. The van der Waals surface area contributed by atoms with Crippen molar-refractivity contribution >= 4 is 11.6 Å². The summed E-state index contributed by atoms with van der Waals surface area (Å²) < 4.78 is 12.7. The molecule has 0 bridgehead atoms. The molecule has 1 heterocycles. The topological polar surface area (TPSA) is 68.6 Å². The van der Waals surface area contributed by atoms with Gasteiger partial charge in [-0.3, -0.25) is 4.79 Å². The predicted molar refractivity (Wildman–Crippen MR) is 113 cm³/mol. The molecule has 0 saturated heterocycles. The van der Waals surface area contributed by atoms with Crippen molar-refractivity contribution in [2.75, 3.05) is 33.2 Å². The van der Waals surface area contributed by atoms with Crippen LogP contribution in [0.5, 0.6) is 11.5 Å². The van der Waals surface area contributed by atoms with Crippen molar-refractivity contribution < 1.29 is 14.3 Å². The highest BCUT2D eigenvalue weighted by atomic mass is 16.5. The second kappa shape index (κ2) is 8.68. The summed E-state index contributed by atoms with van der Waals surface area (Å²) in [6, 6.07) is 12.5. The number of rotatable bonds is 7. The van der Waals surface area contributed by atoms with E-state index in [2.05, 4.69) is 10.3 Å². The van der Waals surface area contributed by atoms with Crippen LogP contribution in [-0.4, -0.2) is 43.8 Å². The lowest BCUT2D eigenvalue weighted by Gasteiger charge is -2.21. The summed E-state index contributed by atoms with van der Waals surface area (Å²) in [6.07, 6.45) is 3.55. The number of anilines is 1. The van der Waals surface area contributed by atoms with Crippen LogP contribution in [0.15, 0.2) is 54.9 Å². The number of hydrogen-bond acceptors (Lipinski definition) is 5. The van der Waals surface area contributed by atoms with Gasteiger partial charge in [0, 0.05) is 50.9 Å². The third-order valence-electron chi connectivity index (χ3n) is 4.72. The molecule has 0 fully saturated rings. The van der Waals surface area contributed by atoms with Crippen LogP contribution >= 0.6 is 0 Å². The molecule has 2 aromatic carbocycles. The number of methoxy groups -OCH3 is 2. The summed E-state index contributed by atoms with van der Waals surface area (Å²) in [7, 11) is 8.97. The van der Waals surface area contributed by atoms with Crippen LogP contribution in [0.4, 0.5) is 5.69 Å². The number of carbonyl (C=O) groups excluding carboxylic acids is 1. The quantitative estimate of drug-likeness (QED) is 0.667. The maximum atomic E-state index is 13.1. The Balaban J connectivity index is 2.01. The summed E-state index contributed by atoms with van der Waals surface area (Å²) in [5.74, 6) is 1.80. The summed E-state index contributed by atoms with van der Waals surface area (Å²) in [6.45, 7) is 0. The number of carbonyl (C=O) groups is 1. The van der Waals surface area contributed by atoms with Crippen molar-refractivity contribution in [1.82, 2.24) is 14.9 Å². The zero-order valence-electron chi connectivity index (χ0n) is 17.3. The first-order valence-electron chi connectivity index (χ1n) is 9.21. The second-order valence-electron chi connectivity index (χ2n) is 6.89. The molecule has 7 nitrogen and oxygen atoms in total. The van der Waals surface area contributed by atoms with Gasteiger partial charge in [0.2, 0.25) is 0 Å². The van der Waals surface area contributed by atoms with Crippen LogP contribution in [0.2, 0.25) is 0 Å². The Morgan fingerprint density at radius 3 is 2.34 bits per heavy atom. The van der Waals surface area contributed by atoms with E-state index in [-0.39, 0.29) is 5.91 Å². The van der Waals surface area contributed by atoms with E-state index >= 15 is 0 Å². The first-order valence-corrected chi connectivity index (χ1v) is 9.21. The monoisotopic (exact) mass is 394 g/mol. The maximum absolute atomic E-state index is 13.1. The largest absolute Gasteiger partial charge is 0.497 e. The average molecular weight is 394 g/mol. The normalized spacial score (nSPS) is 11.6. The predicted octanol–water partition coefficient (Wildman–Crippen LogP) is 3.02. The third kappa shape index (κ3) is 4.51. The molecule has 1 amide bonds. The van der Waals surface area contributed by atoms with Crippen LogP contribution in [0, 0.1) is 0 Å². The molecule has 0 aliphatic rings. The molecular formula is C22H26N4O3. The van der Waals surface area contributed by atoms with E-state index in [1.807, 2.05) is 67.1 Å². The molecule has 1 N–H and O–H groups in total. The minimum absolute atomic E-state index is 0.191. The Hall–Kier alpha value is -3.48. The smallest absolute Gasteiger partial charge is 0.252 e. The number of nitrogens with one attached hydrogen (secondary N) is 1. The molecule has 0 radical (unpaired) electrons. The minimum atomic E-state index is -0.477. The first kappa shape index (κ1) is 20.3. The Morgan fingerprint density at radius 1 is 1.10 bits per heavy atom. The van der Waals surface area contributed by atoms with Gasteiger partial charge in [0.05, 0.1) is 14.2 Å². The maximum Gasteiger partial charge on any atom is 0.252 e. The van der Waals surface area contributed by atoms with E-state index in [0.717, 1.165) is 11.3 Å². The fourth-order valence-corrected chi connectivity index (χ4v) is 3.09. The van der Waals surface area contributed by atoms with Crippen molar-refractivity contribution in [3.8, 4) is 11.5 Å². The molecule has 3 aromatic rings. The van der Waals surface area contributed by atoms with Gasteiger partial charge in [-0.2, -0.15) is 0 Å². The van der Waals surface area contributed by atoms with Gasteiger partial charge in [-0.15, -0.1) is 0 Å². The number of aryl methyl sites for hydroxylation is 1. The summed E-state index contributed by atoms with van der Waals surface area (Å²) in [4.78, 5) is 19.5. The minimum Gasteiger partial charge on any atom is -0.497 e. The number of aromatic nitrogens is 2. The van der Waals surface area contributed by atoms with E-state index in [9.17, 15) is 4.79 Å². The van der Waals surface area contributed by atoms with E-state index in [0.29, 0.717) is 22.9 Å². The number of hydrogen-bond donors (Lipinski definition) is 1.